The van der Waals surface area contributed by atoms with Gasteiger partial charge in [-0.05, 0) is 18.2 Å². The first-order valence-electron chi connectivity index (χ1n) is 6.09. The van der Waals surface area contributed by atoms with Crippen LogP contribution in [0, 0.1) is 0 Å². The molecular weight excluding hydrogens is 318 g/mol. The maximum atomic E-state index is 12.0. The van der Waals surface area contributed by atoms with Crippen molar-refractivity contribution in [1.82, 2.24) is 10.0 Å². The quantitative estimate of drug-likeness (QED) is 0.488. The van der Waals surface area contributed by atoms with E-state index in [1.165, 1.54) is 18.2 Å². The van der Waals surface area contributed by atoms with Crippen LogP contribution >= 0.6 is 0 Å². The summed E-state index contributed by atoms with van der Waals surface area (Å²) in [6, 6.07) is 4.89. The predicted molar refractivity (Wildman–Crippen MR) is 77.7 cm³/mol. The fraction of sp³-hybridized carbons (Fsp3) is 0.455. The number of primary sulfonamides is 1. The third-order valence-electron chi connectivity index (χ3n) is 2.52. The van der Waals surface area contributed by atoms with Crippen LogP contribution in [0.2, 0.25) is 0 Å². The van der Waals surface area contributed by atoms with Gasteiger partial charge >= 0.3 is 0 Å². The molecule has 21 heavy (non-hydrogen) atoms. The first-order chi connectivity index (χ1) is 9.77. The monoisotopic (exact) mass is 337 g/mol. The molecule has 0 aliphatic carbocycles. The number of hydrogen-bond acceptors (Lipinski definition) is 6. The van der Waals surface area contributed by atoms with Crippen molar-refractivity contribution in [1.29, 1.82) is 0 Å². The van der Waals surface area contributed by atoms with E-state index >= 15 is 0 Å². The third kappa shape index (κ3) is 6.08. The van der Waals surface area contributed by atoms with E-state index in [4.69, 9.17) is 9.88 Å². The van der Waals surface area contributed by atoms with Crippen LogP contribution in [-0.2, 0) is 24.8 Å². The zero-order chi connectivity index (χ0) is 15.9. The molecule has 0 aromatic heterocycles. The van der Waals surface area contributed by atoms with E-state index in [0.717, 1.165) is 6.07 Å². The molecule has 0 saturated heterocycles. The van der Waals surface area contributed by atoms with Gasteiger partial charge in [-0.3, -0.25) is 0 Å². The van der Waals surface area contributed by atoms with Crippen molar-refractivity contribution in [3.05, 3.63) is 24.3 Å². The van der Waals surface area contributed by atoms with Crippen molar-refractivity contribution in [3.63, 3.8) is 0 Å². The molecule has 1 rings (SSSR count). The summed E-state index contributed by atoms with van der Waals surface area (Å²) in [7, 11) is -6.14. The highest BCUT2D eigenvalue weighted by Crippen LogP contribution is 2.14. The molecule has 0 aliphatic rings. The number of benzene rings is 1. The molecule has 0 spiro atoms. The molecule has 0 heterocycles. The first-order valence-corrected chi connectivity index (χ1v) is 9.12. The van der Waals surface area contributed by atoms with Crippen molar-refractivity contribution in [2.24, 2.45) is 5.14 Å². The Morgan fingerprint density at radius 2 is 1.76 bits per heavy atom. The van der Waals surface area contributed by atoms with Gasteiger partial charge < -0.3 is 10.1 Å². The molecule has 8 nitrogen and oxygen atoms in total. The zero-order valence-electron chi connectivity index (χ0n) is 11.6. The number of rotatable bonds is 9. The van der Waals surface area contributed by atoms with E-state index in [1.807, 2.05) is 0 Å². The second-order valence-electron chi connectivity index (χ2n) is 4.16. The Kier molecular flexibility index (Phi) is 6.71. The normalized spacial score (nSPS) is 12.5. The largest absolute Gasteiger partial charge is 0.383 e. The van der Waals surface area contributed by atoms with Gasteiger partial charge in [0, 0.05) is 26.7 Å². The maximum absolute atomic E-state index is 12.0. The van der Waals surface area contributed by atoms with Gasteiger partial charge in [-0.25, -0.2) is 26.7 Å². The van der Waals surface area contributed by atoms with E-state index < -0.39 is 20.0 Å². The summed E-state index contributed by atoms with van der Waals surface area (Å²) in [5.74, 6) is 0. The molecule has 1 aromatic carbocycles. The number of nitrogens with two attached hydrogens (primary N) is 1. The lowest BCUT2D eigenvalue weighted by Crippen LogP contribution is -2.33. The van der Waals surface area contributed by atoms with Crippen molar-refractivity contribution in [3.8, 4) is 0 Å². The molecule has 0 unspecified atom stereocenters. The third-order valence-corrected chi connectivity index (χ3v) is 4.89. The fourth-order valence-electron chi connectivity index (χ4n) is 1.47. The summed E-state index contributed by atoms with van der Waals surface area (Å²) in [6.07, 6.45) is 0. The highest BCUT2D eigenvalue weighted by atomic mass is 32.2. The van der Waals surface area contributed by atoms with E-state index in [9.17, 15) is 16.8 Å². The highest BCUT2D eigenvalue weighted by Gasteiger charge is 2.16. The molecule has 0 amide bonds. The van der Waals surface area contributed by atoms with Crippen LogP contribution in [0.1, 0.15) is 0 Å². The molecule has 0 saturated carbocycles. The number of sulfonamides is 2. The minimum atomic E-state index is -3.94. The second-order valence-corrected chi connectivity index (χ2v) is 7.49. The fourth-order valence-corrected chi connectivity index (χ4v) is 3.19. The van der Waals surface area contributed by atoms with Crippen LogP contribution in [0.4, 0.5) is 0 Å². The summed E-state index contributed by atoms with van der Waals surface area (Å²) >= 11 is 0. The highest BCUT2D eigenvalue weighted by molar-refractivity contribution is 7.90. The molecule has 0 bridgehead atoms. The van der Waals surface area contributed by atoms with Gasteiger partial charge in [0.1, 0.15) is 0 Å². The number of ether oxygens (including phenoxy) is 1. The van der Waals surface area contributed by atoms with Gasteiger partial charge in [0.25, 0.3) is 0 Å². The second kappa shape index (κ2) is 7.82. The summed E-state index contributed by atoms with van der Waals surface area (Å²) in [5.41, 5.74) is 0. The average molecular weight is 337 g/mol. The molecule has 0 fully saturated rings. The van der Waals surface area contributed by atoms with Crippen molar-refractivity contribution >= 4 is 20.0 Å². The van der Waals surface area contributed by atoms with Gasteiger partial charge in [0.2, 0.25) is 20.0 Å². The Hall–Kier alpha value is -1.04. The first kappa shape index (κ1) is 18.0. The van der Waals surface area contributed by atoms with Gasteiger partial charge in [0.05, 0.1) is 16.4 Å². The Balaban J connectivity index is 2.67. The van der Waals surface area contributed by atoms with Gasteiger partial charge in [-0.15, -0.1) is 0 Å². The lowest BCUT2D eigenvalue weighted by molar-refractivity contribution is 0.199. The van der Waals surface area contributed by atoms with Crippen molar-refractivity contribution in [2.75, 3.05) is 33.4 Å². The lowest BCUT2D eigenvalue weighted by atomic mass is 10.4. The van der Waals surface area contributed by atoms with Gasteiger partial charge in [0.15, 0.2) is 0 Å². The van der Waals surface area contributed by atoms with E-state index in [-0.39, 0.29) is 16.3 Å². The Morgan fingerprint density at radius 1 is 1.10 bits per heavy atom. The molecule has 4 N–H and O–H groups in total. The van der Waals surface area contributed by atoms with Gasteiger partial charge in [-0.2, -0.15) is 0 Å². The van der Waals surface area contributed by atoms with E-state index in [0.29, 0.717) is 19.7 Å². The van der Waals surface area contributed by atoms with Crippen LogP contribution in [0.5, 0.6) is 0 Å². The number of hydrogen-bond donors (Lipinski definition) is 3. The van der Waals surface area contributed by atoms with Crippen molar-refractivity contribution in [2.45, 2.75) is 9.79 Å². The van der Waals surface area contributed by atoms with E-state index in [1.54, 1.807) is 7.11 Å². The smallest absolute Gasteiger partial charge is 0.240 e. The topological polar surface area (TPSA) is 128 Å². The van der Waals surface area contributed by atoms with Crippen LogP contribution in [0.15, 0.2) is 34.1 Å². The van der Waals surface area contributed by atoms with Crippen molar-refractivity contribution < 1.29 is 21.6 Å². The zero-order valence-corrected chi connectivity index (χ0v) is 13.2. The lowest BCUT2D eigenvalue weighted by Gasteiger charge is -2.08. The summed E-state index contributed by atoms with van der Waals surface area (Å²) < 4.78 is 53.6. The Labute approximate surface area is 124 Å². The van der Waals surface area contributed by atoms with Crippen LogP contribution in [0.25, 0.3) is 0 Å². The minimum absolute atomic E-state index is 0.147. The van der Waals surface area contributed by atoms with Gasteiger partial charge in [-0.1, -0.05) is 6.07 Å². The molecule has 0 radical (unpaired) electrons. The SMILES string of the molecule is COCCNCCNS(=O)(=O)c1cccc(S(N)(=O)=O)c1. The van der Waals surface area contributed by atoms with E-state index in [2.05, 4.69) is 10.0 Å². The number of methoxy groups -OCH3 is 1. The average Bonchev–Trinajstić information content (AvgIpc) is 2.42. The molecule has 1 aromatic rings. The summed E-state index contributed by atoms with van der Waals surface area (Å²) in [5, 5.41) is 7.95. The molecule has 0 aliphatic heterocycles. The summed E-state index contributed by atoms with van der Waals surface area (Å²) in [4.78, 5) is -0.394. The Bertz CT molecular complexity index is 658. The van der Waals surface area contributed by atoms with Crippen LogP contribution < -0.4 is 15.2 Å². The molecule has 0 atom stereocenters. The van der Waals surface area contributed by atoms with Crippen LogP contribution in [0.3, 0.4) is 0 Å². The standard InChI is InChI=1S/C11H19N3O5S2/c1-19-8-7-13-5-6-14-21(17,18)11-4-2-3-10(9-11)20(12,15)16/h2-4,9,13-14H,5-8H2,1H3,(H2,12,15,16). The predicted octanol–water partition coefficient (Wildman–Crippen LogP) is -1.15. The molecule has 120 valence electrons. The molecular formula is C11H19N3O5S2. The Morgan fingerprint density at radius 3 is 2.38 bits per heavy atom. The summed E-state index contributed by atoms with van der Waals surface area (Å²) in [6.45, 7) is 1.74. The number of nitrogens with one attached hydrogen (secondary N) is 2. The van der Waals surface area contributed by atoms with Crippen LogP contribution in [-0.4, -0.2) is 50.2 Å². The molecule has 10 heteroatoms. The minimum Gasteiger partial charge on any atom is -0.383 e. The maximum Gasteiger partial charge on any atom is 0.240 e.